The van der Waals surface area contributed by atoms with Crippen LogP contribution in [0.5, 0.6) is 0 Å². The van der Waals surface area contributed by atoms with E-state index in [1.165, 1.54) is 11.1 Å². The van der Waals surface area contributed by atoms with Crippen LogP contribution in [0, 0.1) is 0 Å². The predicted octanol–water partition coefficient (Wildman–Crippen LogP) is 4.98. The smallest absolute Gasteiger partial charge is 0.408 e. The highest BCUT2D eigenvalue weighted by molar-refractivity contribution is 7.98. The Kier molecular flexibility index (Phi) is 9.23. The molecule has 0 unspecified atom stereocenters. The average Bonchev–Trinajstić information content (AvgIpc) is 3.35. The van der Waals surface area contributed by atoms with Gasteiger partial charge in [-0.05, 0) is 45.0 Å². The van der Waals surface area contributed by atoms with Gasteiger partial charge in [-0.2, -0.15) is 16.7 Å². The van der Waals surface area contributed by atoms with Crippen molar-refractivity contribution in [1.82, 2.24) is 25.3 Å². The van der Waals surface area contributed by atoms with Crippen LogP contribution in [0.15, 0.2) is 59.1 Å². The number of piperazine rings is 1. The summed E-state index contributed by atoms with van der Waals surface area (Å²) in [5.41, 5.74) is 2.73. The maximum Gasteiger partial charge on any atom is 0.408 e. The van der Waals surface area contributed by atoms with Crippen LogP contribution >= 0.6 is 11.8 Å². The largest absolute Gasteiger partial charge is 0.444 e. The van der Waals surface area contributed by atoms with Gasteiger partial charge in [0.15, 0.2) is 0 Å². The standard InChI is InChI=1S/C28H37N5O3S/c1-28(2,3)35-27(34)29-24(20-37-19-21-9-6-5-7-10-21)26-30-25(31-36-26)23-12-8-11-22(17-23)18-33-15-13-32(4)14-16-33/h5-12,17,24H,13-16,18-20H2,1-4H3,(H,29,34)/t24-/m1/s1. The molecule has 2 heterocycles. The molecular weight excluding hydrogens is 486 g/mol. The molecule has 0 aliphatic carbocycles. The Morgan fingerprint density at radius 2 is 1.81 bits per heavy atom. The van der Waals surface area contributed by atoms with Gasteiger partial charge < -0.3 is 19.5 Å². The van der Waals surface area contributed by atoms with E-state index >= 15 is 0 Å². The zero-order chi connectivity index (χ0) is 26.3. The van der Waals surface area contributed by atoms with Crippen molar-refractivity contribution in [3.05, 3.63) is 71.6 Å². The van der Waals surface area contributed by atoms with Gasteiger partial charge in [-0.15, -0.1) is 0 Å². The topological polar surface area (TPSA) is 83.7 Å². The number of alkyl carbamates (subject to hydrolysis) is 1. The molecule has 1 aliphatic rings. The molecule has 0 spiro atoms. The van der Waals surface area contributed by atoms with E-state index in [0.29, 0.717) is 17.5 Å². The maximum absolute atomic E-state index is 12.6. The number of hydrogen-bond acceptors (Lipinski definition) is 8. The van der Waals surface area contributed by atoms with Gasteiger partial charge in [0.05, 0.1) is 0 Å². The van der Waals surface area contributed by atoms with E-state index in [4.69, 9.17) is 9.26 Å². The minimum atomic E-state index is -0.601. The van der Waals surface area contributed by atoms with Gasteiger partial charge in [0.1, 0.15) is 11.6 Å². The SMILES string of the molecule is CN1CCN(Cc2cccc(-c3noc([C@@H](CSCc4ccccc4)NC(=O)OC(C)(C)C)n3)c2)CC1. The molecule has 1 aromatic heterocycles. The van der Waals surface area contributed by atoms with E-state index in [0.717, 1.165) is 44.0 Å². The van der Waals surface area contributed by atoms with Gasteiger partial charge in [0.25, 0.3) is 5.89 Å². The summed E-state index contributed by atoms with van der Waals surface area (Å²) in [6, 6.07) is 18.0. The second kappa shape index (κ2) is 12.6. The number of amides is 1. The molecule has 1 fully saturated rings. The van der Waals surface area contributed by atoms with Crippen molar-refractivity contribution in [3.63, 3.8) is 0 Å². The molecule has 8 nitrogen and oxygen atoms in total. The number of nitrogens with zero attached hydrogens (tertiary/aromatic N) is 4. The lowest BCUT2D eigenvalue weighted by atomic mass is 10.1. The molecule has 1 amide bonds. The summed E-state index contributed by atoms with van der Waals surface area (Å²) < 4.78 is 11.1. The van der Waals surface area contributed by atoms with Gasteiger partial charge in [0, 0.05) is 49.8 Å². The first-order chi connectivity index (χ1) is 17.7. The van der Waals surface area contributed by atoms with E-state index < -0.39 is 17.7 Å². The molecule has 1 aliphatic heterocycles. The summed E-state index contributed by atoms with van der Waals surface area (Å²) in [5.74, 6) is 2.26. The first kappa shape index (κ1) is 27.2. The lowest BCUT2D eigenvalue weighted by Crippen LogP contribution is -2.43. The highest BCUT2D eigenvalue weighted by atomic mass is 32.2. The van der Waals surface area contributed by atoms with Gasteiger partial charge in [0.2, 0.25) is 5.82 Å². The molecule has 2 aromatic carbocycles. The van der Waals surface area contributed by atoms with E-state index in [2.05, 4.69) is 56.6 Å². The monoisotopic (exact) mass is 523 g/mol. The van der Waals surface area contributed by atoms with Crippen LogP contribution in [-0.2, 0) is 17.0 Å². The fourth-order valence-electron chi connectivity index (χ4n) is 4.06. The number of thioether (sulfide) groups is 1. The third-order valence-corrected chi connectivity index (χ3v) is 7.12. The third kappa shape index (κ3) is 8.59. The summed E-state index contributed by atoms with van der Waals surface area (Å²) >= 11 is 1.69. The summed E-state index contributed by atoms with van der Waals surface area (Å²) in [7, 11) is 2.16. The molecule has 3 aromatic rings. The molecule has 37 heavy (non-hydrogen) atoms. The van der Waals surface area contributed by atoms with Crippen molar-refractivity contribution in [1.29, 1.82) is 0 Å². The van der Waals surface area contributed by atoms with Crippen molar-refractivity contribution >= 4 is 17.9 Å². The first-order valence-electron chi connectivity index (χ1n) is 12.7. The van der Waals surface area contributed by atoms with Crippen LogP contribution < -0.4 is 5.32 Å². The second-order valence-electron chi connectivity index (χ2n) is 10.4. The number of aromatic nitrogens is 2. The Balaban J connectivity index is 1.45. The number of ether oxygens (including phenoxy) is 1. The Morgan fingerprint density at radius 1 is 1.08 bits per heavy atom. The number of carbonyl (C=O) groups excluding carboxylic acids is 1. The summed E-state index contributed by atoms with van der Waals surface area (Å²) in [4.78, 5) is 22.1. The maximum atomic E-state index is 12.6. The average molecular weight is 524 g/mol. The number of rotatable bonds is 9. The van der Waals surface area contributed by atoms with E-state index in [-0.39, 0.29) is 0 Å². The number of nitrogens with one attached hydrogen (secondary N) is 1. The highest BCUT2D eigenvalue weighted by Crippen LogP contribution is 2.25. The van der Waals surface area contributed by atoms with Crippen LogP contribution in [0.2, 0.25) is 0 Å². The zero-order valence-electron chi connectivity index (χ0n) is 22.1. The summed E-state index contributed by atoms with van der Waals surface area (Å²) in [6.07, 6.45) is -0.508. The summed E-state index contributed by atoms with van der Waals surface area (Å²) in [6.45, 7) is 10.7. The molecule has 1 N–H and O–H groups in total. The quantitative estimate of drug-likeness (QED) is 0.420. The predicted molar refractivity (Wildman–Crippen MR) is 147 cm³/mol. The molecule has 0 saturated carbocycles. The van der Waals surface area contributed by atoms with Crippen LogP contribution in [0.1, 0.15) is 43.8 Å². The first-order valence-corrected chi connectivity index (χ1v) is 13.9. The van der Waals surface area contributed by atoms with Crippen molar-refractivity contribution in [2.75, 3.05) is 39.0 Å². The van der Waals surface area contributed by atoms with E-state index in [1.54, 1.807) is 11.8 Å². The van der Waals surface area contributed by atoms with Crippen molar-refractivity contribution in [2.24, 2.45) is 0 Å². The van der Waals surface area contributed by atoms with Crippen molar-refractivity contribution < 1.29 is 14.1 Å². The molecule has 9 heteroatoms. The van der Waals surface area contributed by atoms with Crippen LogP contribution in [-0.4, -0.2) is 70.6 Å². The Labute approximate surface area is 223 Å². The van der Waals surface area contributed by atoms with Gasteiger partial charge in [-0.25, -0.2) is 4.79 Å². The molecule has 1 saturated heterocycles. The Hall–Kier alpha value is -2.88. The summed E-state index contributed by atoms with van der Waals surface area (Å²) in [5, 5.41) is 7.17. The number of benzene rings is 2. The lowest BCUT2D eigenvalue weighted by Gasteiger charge is -2.32. The Bertz CT molecular complexity index is 1140. The normalized spacial score (nSPS) is 15.9. The van der Waals surface area contributed by atoms with E-state index in [9.17, 15) is 4.79 Å². The van der Waals surface area contributed by atoms with Crippen molar-refractivity contribution in [3.8, 4) is 11.4 Å². The molecule has 0 radical (unpaired) electrons. The van der Waals surface area contributed by atoms with Crippen molar-refractivity contribution in [2.45, 2.75) is 44.7 Å². The second-order valence-corrected chi connectivity index (χ2v) is 11.5. The lowest BCUT2D eigenvalue weighted by molar-refractivity contribution is 0.0500. The number of hydrogen-bond donors (Lipinski definition) is 1. The minimum absolute atomic E-state index is 0.367. The zero-order valence-corrected chi connectivity index (χ0v) is 23.0. The van der Waals surface area contributed by atoms with Gasteiger partial charge in [-0.1, -0.05) is 53.7 Å². The number of carbonyl (C=O) groups is 1. The van der Waals surface area contributed by atoms with Crippen LogP contribution in [0.25, 0.3) is 11.4 Å². The van der Waals surface area contributed by atoms with Crippen LogP contribution in [0.3, 0.4) is 0 Å². The van der Waals surface area contributed by atoms with E-state index in [1.807, 2.05) is 51.1 Å². The Morgan fingerprint density at radius 3 is 2.54 bits per heavy atom. The molecule has 198 valence electrons. The molecule has 4 rings (SSSR count). The minimum Gasteiger partial charge on any atom is -0.444 e. The highest BCUT2D eigenvalue weighted by Gasteiger charge is 2.25. The van der Waals surface area contributed by atoms with Crippen LogP contribution in [0.4, 0.5) is 4.79 Å². The molecule has 0 bridgehead atoms. The fraction of sp³-hybridized carbons (Fsp3) is 0.464. The van der Waals surface area contributed by atoms with Gasteiger partial charge >= 0.3 is 6.09 Å². The fourth-order valence-corrected chi connectivity index (χ4v) is 5.07. The third-order valence-electron chi connectivity index (χ3n) is 6.01. The number of likely N-dealkylation sites (N-methyl/N-ethyl adjacent to an activating group) is 1. The van der Waals surface area contributed by atoms with Gasteiger partial charge in [-0.3, -0.25) is 4.90 Å². The molecule has 1 atom stereocenters. The molecular formula is C28H37N5O3S.